The van der Waals surface area contributed by atoms with Gasteiger partial charge in [-0.25, -0.2) is 0 Å². The van der Waals surface area contributed by atoms with Gasteiger partial charge in [-0.15, -0.1) is 0 Å². The van der Waals surface area contributed by atoms with Crippen molar-refractivity contribution in [2.75, 3.05) is 4.90 Å². The maximum absolute atomic E-state index is 2.59. The molecule has 12 rings (SSSR count). The van der Waals surface area contributed by atoms with Crippen molar-refractivity contribution in [1.82, 2.24) is 9.13 Å². The standard InChI is InChI=1S/C48H30BN3S/c1-4-16-31(17-5-1)50(32-18-6-2-7-19-32)34-28-42-45-44(29-34)53-43-27-15-12-24-39(43)49(45)46-47-37(30-38-36-23-11-14-26-41(36)52(42)48(38)46)35-22-10-13-25-40(35)51(47)33-20-8-3-9-21-33/h1-30H. The van der Waals surface area contributed by atoms with Gasteiger partial charge >= 0.3 is 0 Å². The molecule has 0 atom stereocenters. The Morgan fingerprint density at radius 3 is 1.64 bits per heavy atom. The molecule has 10 aromatic rings. The molecule has 0 aliphatic carbocycles. The van der Waals surface area contributed by atoms with Crippen LogP contribution in [0.15, 0.2) is 192 Å². The molecule has 4 heterocycles. The van der Waals surface area contributed by atoms with Crippen molar-refractivity contribution >= 4 is 95.5 Å². The average Bonchev–Trinajstić information content (AvgIpc) is 3.74. The Bertz CT molecular complexity index is 3050. The molecule has 0 N–H and O–H groups in total. The molecular formula is C48H30BN3S. The minimum absolute atomic E-state index is 0.0446. The Kier molecular flexibility index (Phi) is 6.08. The molecule has 0 unspecified atom stereocenters. The first kappa shape index (κ1) is 29.2. The molecule has 8 aromatic carbocycles. The lowest BCUT2D eigenvalue weighted by atomic mass is 9.35. The van der Waals surface area contributed by atoms with Crippen LogP contribution in [0.2, 0.25) is 0 Å². The van der Waals surface area contributed by atoms with Gasteiger partial charge in [-0.2, -0.15) is 0 Å². The van der Waals surface area contributed by atoms with E-state index in [4.69, 9.17) is 0 Å². The highest BCUT2D eigenvalue weighted by atomic mass is 32.2. The van der Waals surface area contributed by atoms with E-state index < -0.39 is 0 Å². The average molecular weight is 692 g/mol. The van der Waals surface area contributed by atoms with E-state index in [0.29, 0.717) is 0 Å². The Morgan fingerprint density at radius 2 is 0.962 bits per heavy atom. The normalized spacial score (nSPS) is 12.8. The zero-order chi connectivity index (χ0) is 34.6. The van der Waals surface area contributed by atoms with E-state index in [-0.39, 0.29) is 6.71 Å². The van der Waals surface area contributed by atoms with Crippen LogP contribution >= 0.6 is 11.8 Å². The van der Waals surface area contributed by atoms with Crippen molar-refractivity contribution < 1.29 is 0 Å². The molecule has 3 nitrogen and oxygen atoms in total. The molecule has 246 valence electrons. The van der Waals surface area contributed by atoms with E-state index in [2.05, 4.69) is 196 Å². The van der Waals surface area contributed by atoms with Crippen LogP contribution in [0.3, 0.4) is 0 Å². The zero-order valence-electron chi connectivity index (χ0n) is 28.6. The number of nitrogens with zero attached hydrogens (tertiary/aromatic N) is 3. The fourth-order valence-electron chi connectivity index (χ4n) is 9.25. The van der Waals surface area contributed by atoms with Gasteiger partial charge in [0, 0.05) is 59.8 Å². The summed E-state index contributed by atoms with van der Waals surface area (Å²) in [6.07, 6.45) is 0. The van der Waals surface area contributed by atoms with Crippen LogP contribution in [-0.2, 0) is 0 Å². The first-order chi connectivity index (χ1) is 26.3. The van der Waals surface area contributed by atoms with Gasteiger partial charge in [0.2, 0.25) is 0 Å². The van der Waals surface area contributed by atoms with Crippen molar-refractivity contribution in [3.8, 4) is 11.4 Å². The van der Waals surface area contributed by atoms with Crippen LogP contribution in [0, 0.1) is 0 Å². The third-order valence-corrected chi connectivity index (χ3v) is 12.5. The molecule has 2 aliphatic rings. The van der Waals surface area contributed by atoms with Gasteiger partial charge in [0.25, 0.3) is 6.71 Å². The summed E-state index contributed by atoms with van der Waals surface area (Å²) >= 11 is 1.91. The number of aromatic nitrogens is 2. The van der Waals surface area contributed by atoms with E-state index in [1.165, 1.54) is 81.2 Å². The van der Waals surface area contributed by atoms with E-state index in [1.54, 1.807) is 0 Å². The molecule has 0 bridgehead atoms. The van der Waals surface area contributed by atoms with Crippen LogP contribution in [0.1, 0.15) is 0 Å². The number of hydrogen-bond donors (Lipinski definition) is 0. The van der Waals surface area contributed by atoms with E-state index in [1.807, 2.05) is 11.8 Å². The lowest BCUT2D eigenvalue weighted by Crippen LogP contribution is -2.59. The van der Waals surface area contributed by atoms with Crippen LogP contribution in [0.4, 0.5) is 17.1 Å². The molecule has 0 spiro atoms. The van der Waals surface area contributed by atoms with Crippen molar-refractivity contribution in [3.63, 3.8) is 0 Å². The lowest BCUT2D eigenvalue weighted by molar-refractivity contribution is 1.15. The van der Waals surface area contributed by atoms with Crippen LogP contribution in [0.5, 0.6) is 0 Å². The molecular weight excluding hydrogens is 661 g/mol. The molecule has 0 fully saturated rings. The fraction of sp³-hybridized carbons (Fsp3) is 0. The van der Waals surface area contributed by atoms with Gasteiger partial charge < -0.3 is 14.0 Å². The van der Waals surface area contributed by atoms with Gasteiger partial charge in [-0.3, -0.25) is 0 Å². The smallest absolute Gasteiger partial charge is 0.252 e. The molecule has 2 aliphatic heterocycles. The van der Waals surface area contributed by atoms with Crippen molar-refractivity contribution in [1.29, 1.82) is 0 Å². The maximum Gasteiger partial charge on any atom is 0.252 e. The summed E-state index contributed by atoms with van der Waals surface area (Å²) in [4.78, 5) is 5.02. The number of hydrogen-bond acceptors (Lipinski definition) is 2. The SMILES string of the molecule is c1ccc(N(c2ccccc2)c2cc3c4c(c2)-n2c5ccccc5c5cc6c7ccccc7n(-c7ccccc7)c6c(c52)B4c2ccccc2S3)cc1. The predicted molar refractivity (Wildman–Crippen MR) is 225 cm³/mol. The van der Waals surface area contributed by atoms with E-state index in [9.17, 15) is 0 Å². The van der Waals surface area contributed by atoms with Crippen molar-refractivity contribution in [3.05, 3.63) is 182 Å². The second-order valence-corrected chi connectivity index (χ2v) is 15.2. The number of para-hydroxylation sites is 5. The van der Waals surface area contributed by atoms with Gasteiger partial charge in [0.15, 0.2) is 0 Å². The molecule has 5 heteroatoms. The Morgan fingerprint density at radius 1 is 0.415 bits per heavy atom. The molecule has 0 saturated carbocycles. The van der Waals surface area contributed by atoms with Gasteiger partial charge in [0.1, 0.15) is 0 Å². The van der Waals surface area contributed by atoms with E-state index in [0.717, 1.165) is 17.1 Å². The summed E-state index contributed by atoms with van der Waals surface area (Å²) in [5, 5.41) is 5.16. The number of anilines is 3. The van der Waals surface area contributed by atoms with Crippen LogP contribution < -0.4 is 21.3 Å². The first-order valence-electron chi connectivity index (χ1n) is 18.2. The monoisotopic (exact) mass is 691 g/mol. The topological polar surface area (TPSA) is 13.1 Å². The zero-order valence-corrected chi connectivity index (χ0v) is 29.5. The molecule has 0 saturated heterocycles. The summed E-state index contributed by atoms with van der Waals surface area (Å²) in [6, 6.07) is 66.9. The highest BCUT2D eigenvalue weighted by Crippen LogP contribution is 2.45. The van der Waals surface area contributed by atoms with Crippen LogP contribution in [0.25, 0.3) is 55.0 Å². The lowest BCUT2D eigenvalue weighted by Gasteiger charge is -2.36. The summed E-state index contributed by atoms with van der Waals surface area (Å²) in [5.41, 5.74) is 15.0. The minimum atomic E-state index is 0.0446. The summed E-state index contributed by atoms with van der Waals surface area (Å²) in [6.45, 7) is 0.0446. The number of fused-ring (bicyclic) bond motifs is 11. The summed E-state index contributed by atoms with van der Waals surface area (Å²) < 4.78 is 5.12. The predicted octanol–water partition coefficient (Wildman–Crippen LogP) is 10.6. The van der Waals surface area contributed by atoms with Gasteiger partial charge in [0.05, 0.1) is 22.1 Å². The molecule has 53 heavy (non-hydrogen) atoms. The largest absolute Gasteiger partial charge is 0.310 e. The molecule has 0 radical (unpaired) electrons. The van der Waals surface area contributed by atoms with Gasteiger partial charge in [-0.1, -0.05) is 126 Å². The van der Waals surface area contributed by atoms with E-state index >= 15 is 0 Å². The summed E-state index contributed by atoms with van der Waals surface area (Å²) in [5.74, 6) is 0. The number of rotatable bonds is 4. The second-order valence-electron chi connectivity index (χ2n) is 14.1. The molecule has 0 amide bonds. The molecule has 2 aromatic heterocycles. The maximum atomic E-state index is 2.59. The quantitative estimate of drug-likeness (QED) is 0.171. The highest BCUT2D eigenvalue weighted by molar-refractivity contribution is 8.00. The summed E-state index contributed by atoms with van der Waals surface area (Å²) in [7, 11) is 0. The van der Waals surface area contributed by atoms with Gasteiger partial charge in [-0.05, 0) is 83.7 Å². The minimum Gasteiger partial charge on any atom is -0.310 e. The van der Waals surface area contributed by atoms with Crippen molar-refractivity contribution in [2.45, 2.75) is 9.79 Å². The Labute approximate surface area is 311 Å². The Hall–Kier alpha value is -6.43. The Balaban J connectivity index is 1.29. The first-order valence-corrected chi connectivity index (χ1v) is 19.0. The third kappa shape index (κ3) is 4.03. The second kappa shape index (κ2) is 11.0. The highest BCUT2D eigenvalue weighted by Gasteiger charge is 2.42. The fourth-order valence-corrected chi connectivity index (χ4v) is 10.5. The number of benzene rings is 8. The van der Waals surface area contributed by atoms with Crippen molar-refractivity contribution in [2.24, 2.45) is 0 Å². The third-order valence-electron chi connectivity index (χ3n) is 11.3. The van der Waals surface area contributed by atoms with Crippen LogP contribution in [-0.4, -0.2) is 15.8 Å².